The molecule has 106 valence electrons. The maximum absolute atomic E-state index is 11.5. The number of aliphatic hydroxyl groups is 1. The van der Waals surface area contributed by atoms with Gasteiger partial charge < -0.3 is 15.7 Å². The molecule has 0 aromatic heterocycles. The third-order valence-electron chi connectivity index (χ3n) is 3.02. The SMILES string of the molecule is CCC(O)(CC)CNC(=O)CNC(=O)C(C)(C)C. The van der Waals surface area contributed by atoms with E-state index in [1.54, 1.807) is 20.8 Å². The van der Waals surface area contributed by atoms with Gasteiger partial charge in [-0.2, -0.15) is 0 Å². The normalized spacial score (nSPS) is 12.1. The van der Waals surface area contributed by atoms with E-state index in [1.807, 2.05) is 13.8 Å². The molecule has 0 saturated heterocycles. The molecule has 0 aliphatic carbocycles. The predicted molar refractivity (Wildman–Crippen MR) is 71.0 cm³/mol. The summed E-state index contributed by atoms with van der Waals surface area (Å²) in [5, 5.41) is 15.2. The lowest BCUT2D eigenvalue weighted by Crippen LogP contribution is -2.46. The first-order valence-corrected chi connectivity index (χ1v) is 6.42. The minimum atomic E-state index is -0.857. The van der Waals surface area contributed by atoms with Gasteiger partial charge in [0, 0.05) is 12.0 Å². The highest BCUT2D eigenvalue weighted by Gasteiger charge is 2.24. The number of amides is 2. The van der Waals surface area contributed by atoms with Crippen LogP contribution in [0, 0.1) is 5.41 Å². The van der Waals surface area contributed by atoms with Gasteiger partial charge in [-0.3, -0.25) is 9.59 Å². The van der Waals surface area contributed by atoms with Crippen molar-refractivity contribution in [3.63, 3.8) is 0 Å². The summed E-state index contributed by atoms with van der Waals surface area (Å²) in [4.78, 5) is 23.1. The van der Waals surface area contributed by atoms with Crippen LogP contribution in [-0.4, -0.2) is 35.6 Å². The van der Waals surface area contributed by atoms with Crippen LogP contribution in [0.5, 0.6) is 0 Å². The molecule has 0 aliphatic rings. The molecule has 0 aromatic rings. The molecule has 18 heavy (non-hydrogen) atoms. The first-order chi connectivity index (χ1) is 8.14. The highest BCUT2D eigenvalue weighted by atomic mass is 16.3. The van der Waals surface area contributed by atoms with Gasteiger partial charge in [0.25, 0.3) is 0 Å². The van der Waals surface area contributed by atoms with E-state index in [4.69, 9.17) is 0 Å². The summed E-state index contributed by atoms with van der Waals surface area (Å²) in [7, 11) is 0. The van der Waals surface area contributed by atoms with Crippen molar-refractivity contribution in [2.24, 2.45) is 5.41 Å². The Balaban J connectivity index is 4.04. The molecule has 0 atom stereocenters. The van der Waals surface area contributed by atoms with E-state index in [9.17, 15) is 14.7 Å². The lowest BCUT2D eigenvalue weighted by atomic mass is 9.96. The lowest BCUT2D eigenvalue weighted by molar-refractivity contribution is -0.131. The number of carbonyl (C=O) groups excluding carboxylic acids is 2. The highest BCUT2D eigenvalue weighted by molar-refractivity contribution is 5.87. The van der Waals surface area contributed by atoms with Gasteiger partial charge in [-0.1, -0.05) is 34.6 Å². The zero-order valence-electron chi connectivity index (χ0n) is 12.1. The van der Waals surface area contributed by atoms with Crippen LogP contribution in [0.4, 0.5) is 0 Å². The molecular weight excluding hydrogens is 232 g/mol. The Hall–Kier alpha value is -1.10. The minimum Gasteiger partial charge on any atom is -0.388 e. The Labute approximate surface area is 109 Å². The molecule has 0 aromatic carbocycles. The van der Waals surface area contributed by atoms with Crippen LogP contribution >= 0.6 is 0 Å². The molecule has 0 rings (SSSR count). The predicted octanol–water partition coefficient (Wildman–Crippen LogP) is 0.816. The van der Waals surface area contributed by atoms with Crippen LogP contribution in [0.3, 0.4) is 0 Å². The Morgan fingerprint density at radius 3 is 1.94 bits per heavy atom. The van der Waals surface area contributed by atoms with Crippen LogP contribution in [-0.2, 0) is 9.59 Å². The average Bonchev–Trinajstić information content (AvgIpc) is 2.31. The Morgan fingerprint density at radius 1 is 1.06 bits per heavy atom. The number of rotatable bonds is 6. The van der Waals surface area contributed by atoms with Gasteiger partial charge in [0.2, 0.25) is 11.8 Å². The van der Waals surface area contributed by atoms with Crippen molar-refractivity contribution in [1.82, 2.24) is 10.6 Å². The Morgan fingerprint density at radius 2 is 1.56 bits per heavy atom. The summed E-state index contributed by atoms with van der Waals surface area (Å²) in [6.07, 6.45) is 1.16. The second kappa shape index (κ2) is 6.73. The molecule has 0 aliphatic heterocycles. The number of carbonyl (C=O) groups is 2. The molecule has 5 nitrogen and oxygen atoms in total. The van der Waals surface area contributed by atoms with Crippen molar-refractivity contribution in [2.75, 3.05) is 13.1 Å². The molecule has 0 heterocycles. The smallest absolute Gasteiger partial charge is 0.239 e. The van der Waals surface area contributed by atoms with Crippen LogP contribution in [0.25, 0.3) is 0 Å². The van der Waals surface area contributed by atoms with E-state index in [-0.39, 0.29) is 24.9 Å². The number of nitrogens with one attached hydrogen (secondary N) is 2. The van der Waals surface area contributed by atoms with Gasteiger partial charge in [0.15, 0.2) is 0 Å². The molecule has 5 heteroatoms. The van der Waals surface area contributed by atoms with Gasteiger partial charge in [0.05, 0.1) is 12.1 Å². The lowest BCUT2D eigenvalue weighted by Gasteiger charge is -2.25. The molecule has 2 amide bonds. The summed E-state index contributed by atoms with van der Waals surface area (Å²) in [6.45, 7) is 9.26. The Bertz CT molecular complexity index is 291. The fraction of sp³-hybridized carbons (Fsp3) is 0.846. The summed E-state index contributed by atoms with van der Waals surface area (Å²) < 4.78 is 0. The largest absolute Gasteiger partial charge is 0.388 e. The van der Waals surface area contributed by atoms with Gasteiger partial charge >= 0.3 is 0 Å². The molecule has 3 N–H and O–H groups in total. The van der Waals surface area contributed by atoms with Crippen molar-refractivity contribution in [2.45, 2.75) is 53.1 Å². The molecule has 0 spiro atoms. The highest BCUT2D eigenvalue weighted by Crippen LogP contribution is 2.13. The maximum atomic E-state index is 11.5. The van der Waals surface area contributed by atoms with Gasteiger partial charge in [-0.05, 0) is 12.8 Å². The zero-order chi connectivity index (χ0) is 14.4. The Kier molecular flexibility index (Phi) is 6.32. The monoisotopic (exact) mass is 258 g/mol. The average molecular weight is 258 g/mol. The first-order valence-electron chi connectivity index (χ1n) is 6.42. The van der Waals surface area contributed by atoms with Crippen LogP contribution in [0.1, 0.15) is 47.5 Å². The van der Waals surface area contributed by atoms with Crippen molar-refractivity contribution in [1.29, 1.82) is 0 Å². The molecule has 0 unspecified atom stereocenters. The summed E-state index contributed by atoms with van der Waals surface area (Å²) in [6, 6.07) is 0. The molecule has 0 bridgehead atoms. The van der Waals surface area contributed by atoms with Crippen LogP contribution < -0.4 is 10.6 Å². The number of hydrogen-bond acceptors (Lipinski definition) is 3. The quantitative estimate of drug-likeness (QED) is 0.660. The van der Waals surface area contributed by atoms with E-state index in [0.29, 0.717) is 12.8 Å². The van der Waals surface area contributed by atoms with Crippen molar-refractivity contribution in [3.8, 4) is 0 Å². The topological polar surface area (TPSA) is 78.4 Å². The third kappa shape index (κ3) is 6.00. The summed E-state index contributed by atoms with van der Waals surface area (Å²) in [5.41, 5.74) is -1.36. The second-order valence-electron chi connectivity index (χ2n) is 5.64. The first kappa shape index (κ1) is 16.9. The molecular formula is C13H26N2O3. The standard InChI is InChI=1S/C13H26N2O3/c1-6-13(18,7-2)9-15-10(16)8-14-11(17)12(3,4)5/h18H,6-9H2,1-5H3,(H,14,17)(H,15,16). The van der Waals surface area contributed by atoms with Gasteiger partial charge in [-0.25, -0.2) is 0 Å². The van der Waals surface area contributed by atoms with Gasteiger partial charge in [-0.15, -0.1) is 0 Å². The van der Waals surface area contributed by atoms with E-state index < -0.39 is 11.0 Å². The maximum Gasteiger partial charge on any atom is 0.239 e. The number of hydrogen-bond donors (Lipinski definition) is 3. The van der Waals surface area contributed by atoms with E-state index >= 15 is 0 Å². The van der Waals surface area contributed by atoms with Crippen molar-refractivity contribution in [3.05, 3.63) is 0 Å². The molecule has 0 fully saturated rings. The minimum absolute atomic E-state index is 0.0559. The van der Waals surface area contributed by atoms with Crippen molar-refractivity contribution < 1.29 is 14.7 Å². The van der Waals surface area contributed by atoms with Gasteiger partial charge in [0.1, 0.15) is 0 Å². The summed E-state index contributed by atoms with van der Waals surface area (Å²) >= 11 is 0. The molecule has 0 radical (unpaired) electrons. The van der Waals surface area contributed by atoms with Crippen LogP contribution in [0.15, 0.2) is 0 Å². The third-order valence-corrected chi connectivity index (χ3v) is 3.02. The van der Waals surface area contributed by atoms with E-state index in [1.165, 1.54) is 0 Å². The molecule has 0 saturated carbocycles. The van der Waals surface area contributed by atoms with E-state index in [0.717, 1.165) is 0 Å². The summed E-state index contributed by atoms with van der Waals surface area (Å²) in [5.74, 6) is -0.452. The van der Waals surface area contributed by atoms with Crippen molar-refractivity contribution >= 4 is 11.8 Å². The fourth-order valence-corrected chi connectivity index (χ4v) is 1.25. The van der Waals surface area contributed by atoms with E-state index in [2.05, 4.69) is 10.6 Å². The zero-order valence-corrected chi connectivity index (χ0v) is 12.1. The van der Waals surface area contributed by atoms with Crippen LogP contribution in [0.2, 0.25) is 0 Å². The fourth-order valence-electron chi connectivity index (χ4n) is 1.25. The second-order valence-corrected chi connectivity index (χ2v) is 5.64.